The molecule has 0 saturated carbocycles. The number of hydrogen-bond donors (Lipinski definition) is 3. The van der Waals surface area contributed by atoms with Gasteiger partial charge in [-0.05, 0) is 44.5 Å². The van der Waals surface area contributed by atoms with Crippen LogP contribution in [0.3, 0.4) is 0 Å². The summed E-state index contributed by atoms with van der Waals surface area (Å²) in [5.41, 5.74) is 0.532. The van der Waals surface area contributed by atoms with Gasteiger partial charge in [-0.3, -0.25) is 4.79 Å². The Hall–Kier alpha value is -1.15. The summed E-state index contributed by atoms with van der Waals surface area (Å²) in [6.45, 7) is 4.97. The van der Waals surface area contributed by atoms with E-state index in [1.165, 1.54) is 6.07 Å². The van der Waals surface area contributed by atoms with E-state index in [1.54, 1.807) is 19.1 Å². The first kappa shape index (κ1) is 17.9. The van der Waals surface area contributed by atoms with Gasteiger partial charge in [-0.15, -0.1) is 12.4 Å². The first-order valence-electron chi connectivity index (χ1n) is 6.38. The third kappa shape index (κ3) is 3.94. The number of rotatable bonds is 3. The van der Waals surface area contributed by atoms with Crippen LogP contribution in [0.1, 0.15) is 18.9 Å². The van der Waals surface area contributed by atoms with Crippen molar-refractivity contribution in [3.8, 4) is 0 Å². The average molecular weight is 334 g/mol. The van der Waals surface area contributed by atoms with Gasteiger partial charge in [0.1, 0.15) is 0 Å². The largest absolute Gasteiger partial charge is 0.326 e. The van der Waals surface area contributed by atoms with Gasteiger partial charge in [0.25, 0.3) is 0 Å². The molecule has 0 bridgehead atoms. The molecular formula is C13H20ClN3O3S. The zero-order valence-electron chi connectivity index (χ0n) is 12.0. The normalized spacial score (nSPS) is 21.7. The molecule has 118 valence electrons. The number of nitrogens with two attached hydrogens (primary N) is 1. The van der Waals surface area contributed by atoms with Crippen molar-refractivity contribution in [3.63, 3.8) is 0 Å². The van der Waals surface area contributed by atoms with Crippen molar-refractivity contribution in [2.24, 2.45) is 10.6 Å². The first-order chi connectivity index (χ1) is 9.22. The van der Waals surface area contributed by atoms with Crippen molar-refractivity contribution in [3.05, 3.63) is 23.8 Å². The Morgan fingerprint density at radius 1 is 1.43 bits per heavy atom. The Balaban J connectivity index is 0.00000220. The number of anilines is 1. The number of amides is 1. The van der Waals surface area contributed by atoms with E-state index in [9.17, 15) is 13.2 Å². The highest BCUT2D eigenvalue weighted by Gasteiger charge is 2.36. The van der Waals surface area contributed by atoms with Crippen LogP contribution in [-0.4, -0.2) is 27.4 Å². The zero-order valence-corrected chi connectivity index (χ0v) is 13.6. The molecule has 6 nitrogen and oxygen atoms in total. The Labute approximate surface area is 130 Å². The number of halogens is 1. The molecule has 1 aromatic rings. The molecule has 0 radical (unpaired) electrons. The molecule has 4 N–H and O–H groups in total. The minimum Gasteiger partial charge on any atom is -0.326 e. The van der Waals surface area contributed by atoms with E-state index in [0.717, 1.165) is 13.0 Å². The molecule has 0 spiro atoms. The van der Waals surface area contributed by atoms with Crippen LogP contribution in [0, 0.1) is 12.3 Å². The second kappa shape index (κ2) is 6.31. The van der Waals surface area contributed by atoms with Crippen LogP contribution in [0.15, 0.2) is 23.1 Å². The van der Waals surface area contributed by atoms with E-state index >= 15 is 0 Å². The van der Waals surface area contributed by atoms with Gasteiger partial charge in [-0.1, -0.05) is 6.07 Å². The van der Waals surface area contributed by atoms with Gasteiger partial charge >= 0.3 is 0 Å². The van der Waals surface area contributed by atoms with Crippen molar-refractivity contribution in [1.29, 1.82) is 0 Å². The standard InChI is InChI=1S/C13H19N3O3S.ClH/c1-9-3-4-10(7-11(9)20(14,18)19)16-12(17)13(2)5-6-15-8-13;/h3-4,7,15H,5-6,8H2,1-2H3,(H,16,17)(H2,14,18,19);1H. The maximum atomic E-state index is 12.3. The minimum atomic E-state index is -3.79. The number of primary sulfonamides is 1. The number of carbonyl (C=O) groups excluding carboxylic acids is 1. The number of aryl methyl sites for hydroxylation is 1. The van der Waals surface area contributed by atoms with Crippen molar-refractivity contribution in [2.75, 3.05) is 18.4 Å². The fourth-order valence-corrected chi connectivity index (χ4v) is 3.09. The third-order valence-corrected chi connectivity index (χ3v) is 4.72. The molecule has 1 aromatic carbocycles. The summed E-state index contributed by atoms with van der Waals surface area (Å²) in [6.07, 6.45) is 0.757. The van der Waals surface area contributed by atoms with Gasteiger partial charge in [0.05, 0.1) is 10.3 Å². The summed E-state index contributed by atoms with van der Waals surface area (Å²) < 4.78 is 22.9. The number of nitrogens with one attached hydrogen (secondary N) is 2. The summed E-state index contributed by atoms with van der Waals surface area (Å²) >= 11 is 0. The van der Waals surface area contributed by atoms with Crippen LogP contribution in [0.5, 0.6) is 0 Å². The lowest BCUT2D eigenvalue weighted by Crippen LogP contribution is -2.35. The number of hydrogen-bond acceptors (Lipinski definition) is 4. The molecule has 2 rings (SSSR count). The summed E-state index contributed by atoms with van der Waals surface area (Å²) in [5.74, 6) is -0.119. The second-order valence-corrected chi connectivity index (χ2v) is 7.00. The SMILES string of the molecule is Cc1ccc(NC(=O)C2(C)CCNC2)cc1S(N)(=O)=O.Cl. The predicted octanol–water partition coefficient (Wildman–Crippen LogP) is 1.00. The lowest BCUT2D eigenvalue weighted by atomic mass is 9.89. The molecule has 1 fully saturated rings. The Kier molecular flexibility index (Phi) is 5.38. The molecule has 8 heteroatoms. The molecule has 1 atom stereocenters. The van der Waals surface area contributed by atoms with E-state index in [0.29, 0.717) is 17.8 Å². The Morgan fingerprint density at radius 2 is 2.10 bits per heavy atom. The molecule has 1 aliphatic rings. The fourth-order valence-electron chi connectivity index (χ4n) is 2.28. The van der Waals surface area contributed by atoms with E-state index in [4.69, 9.17) is 5.14 Å². The van der Waals surface area contributed by atoms with Gasteiger partial charge in [0.15, 0.2) is 0 Å². The van der Waals surface area contributed by atoms with Crippen molar-refractivity contribution < 1.29 is 13.2 Å². The molecule has 1 aliphatic heterocycles. The van der Waals surface area contributed by atoms with Crippen LogP contribution < -0.4 is 15.8 Å². The van der Waals surface area contributed by atoms with Crippen molar-refractivity contribution in [1.82, 2.24) is 5.32 Å². The summed E-state index contributed by atoms with van der Waals surface area (Å²) in [5, 5.41) is 11.1. The lowest BCUT2D eigenvalue weighted by molar-refractivity contribution is -0.123. The molecule has 0 aliphatic carbocycles. The highest BCUT2D eigenvalue weighted by molar-refractivity contribution is 7.89. The highest BCUT2D eigenvalue weighted by Crippen LogP contribution is 2.27. The van der Waals surface area contributed by atoms with E-state index in [2.05, 4.69) is 10.6 Å². The maximum Gasteiger partial charge on any atom is 0.238 e. The highest BCUT2D eigenvalue weighted by atomic mass is 35.5. The van der Waals surface area contributed by atoms with Crippen molar-refractivity contribution in [2.45, 2.75) is 25.2 Å². The average Bonchev–Trinajstić information content (AvgIpc) is 2.78. The molecule has 1 saturated heterocycles. The van der Waals surface area contributed by atoms with Gasteiger partial charge in [0.2, 0.25) is 15.9 Å². The fraction of sp³-hybridized carbons (Fsp3) is 0.462. The first-order valence-corrected chi connectivity index (χ1v) is 7.93. The summed E-state index contributed by atoms with van der Waals surface area (Å²) in [4.78, 5) is 12.3. The lowest BCUT2D eigenvalue weighted by Gasteiger charge is -2.21. The Bertz CT molecular complexity index is 640. The molecule has 0 aromatic heterocycles. The van der Waals surface area contributed by atoms with E-state index in [1.807, 2.05) is 6.92 Å². The molecule has 1 amide bonds. The molecule has 21 heavy (non-hydrogen) atoms. The van der Waals surface area contributed by atoms with Crippen molar-refractivity contribution >= 4 is 34.0 Å². The van der Waals surface area contributed by atoms with Gasteiger partial charge in [-0.25, -0.2) is 13.6 Å². The van der Waals surface area contributed by atoms with Crippen LogP contribution in [0.4, 0.5) is 5.69 Å². The topological polar surface area (TPSA) is 101 Å². The van der Waals surface area contributed by atoms with Gasteiger partial charge < -0.3 is 10.6 Å². The van der Waals surface area contributed by atoms with Crippen LogP contribution >= 0.6 is 12.4 Å². The number of benzene rings is 1. The molecule has 1 heterocycles. The maximum absolute atomic E-state index is 12.3. The number of carbonyl (C=O) groups is 1. The molecule has 1 unspecified atom stereocenters. The Morgan fingerprint density at radius 3 is 2.62 bits per heavy atom. The summed E-state index contributed by atoms with van der Waals surface area (Å²) in [6, 6.07) is 4.70. The van der Waals surface area contributed by atoms with Gasteiger partial charge in [0, 0.05) is 12.2 Å². The minimum absolute atomic E-state index is 0. The monoisotopic (exact) mass is 333 g/mol. The van der Waals surface area contributed by atoms with Crippen LogP contribution in [-0.2, 0) is 14.8 Å². The van der Waals surface area contributed by atoms with E-state index in [-0.39, 0.29) is 23.2 Å². The predicted molar refractivity (Wildman–Crippen MR) is 84.0 cm³/mol. The van der Waals surface area contributed by atoms with Gasteiger partial charge in [-0.2, -0.15) is 0 Å². The number of sulfonamides is 1. The van der Waals surface area contributed by atoms with Crippen LogP contribution in [0.25, 0.3) is 0 Å². The zero-order chi connectivity index (χ0) is 15.0. The summed E-state index contributed by atoms with van der Waals surface area (Å²) in [7, 11) is -3.79. The third-order valence-electron chi connectivity index (χ3n) is 3.67. The second-order valence-electron chi connectivity index (χ2n) is 5.47. The molecular weight excluding hydrogens is 314 g/mol. The van der Waals surface area contributed by atoms with E-state index < -0.39 is 15.4 Å². The smallest absolute Gasteiger partial charge is 0.238 e. The quantitative estimate of drug-likeness (QED) is 0.768. The van der Waals surface area contributed by atoms with Crippen LogP contribution in [0.2, 0.25) is 0 Å².